The molecule has 4 heteroatoms. The number of hydrogen-bond acceptors (Lipinski definition) is 2. The Morgan fingerprint density at radius 3 is 2.68 bits per heavy atom. The van der Waals surface area contributed by atoms with E-state index in [-0.39, 0.29) is 5.91 Å². The first-order chi connectivity index (χ1) is 9.25. The van der Waals surface area contributed by atoms with Crippen LogP contribution < -0.4 is 5.32 Å². The summed E-state index contributed by atoms with van der Waals surface area (Å²) in [7, 11) is 0. The van der Waals surface area contributed by atoms with Crippen molar-refractivity contribution in [3.05, 3.63) is 71.0 Å². The topological polar surface area (TPSA) is 42.0 Å². The Kier molecular flexibility index (Phi) is 4.70. The summed E-state index contributed by atoms with van der Waals surface area (Å²) in [6.45, 7) is 0.480. The summed E-state index contributed by atoms with van der Waals surface area (Å²) in [6.07, 6.45) is 6.56. The second kappa shape index (κ2) is 6.71. The summed E-state index contributed by atoms with van der Waals surface area (Å²) < 4.78 is 0. The zero-order chi connectivity index (χ0) is 13.5. The molecule has 0 spiro atoms. The fraction of sp³-hybridized carbons (Fsp3) is 0.0667. The van der Waals surface area contributed by atoms with E-state index in [4.69, 9.17) is 11.6 Å². The zero-order valence-corrected chi connectivity index (χ0v) is 11.0. The fourth-order valence-corrected chi connectivity index (χ4v) is 1.72. The molecule has 2 aromatic rings. The molecule has 96 valence electrons. The third-order valence-corrected chi connectivity index (χ3v) is 2.88. The lowest BCUT2D eigenvalue weighted by Crippen LogP contribution is -2.20. The highest BCUT2D eigenvalue weighted by Crippen LogP contribution is 2.15. The van der Waals surface area contributed by atoms with E-state index in [2.05, 4.69) is 10.3 Å². The van der Waals surface area contributed by atoms with Gasteiger partial charge in [0.2, 0.25) is 5.91 Å². The molecule has 1 N–H and O–H groups in total. The molecule has 1 aromatic heterocycles. The SMILES string of the molecule is O=C(/C=C/c1ccccc1Cl)NCc1ccncc1. The predicted molar refractivity (Wildman–Crippen MR) is 76.6 cm³/mol. The first-order valence-electron chi connectivity index (χ1n) is 5.85. The largest absolute Gasteiger partial charge is 0.348 e. The van der Waals surface area contributed by atoms with Crippen LogP contribution in [0.3, 0.4) is 0 Å². The van der Waals surface area contributed by atoms with Crippen LogP contribution in [-0.2, 0) is 11.3 Å². The Bertz CT molecular complexity index is 582. The smallest absolute Gasteiger partial charge is 0.244 e. The van der Waals surface area contributed by atoms with Crippen LogP contribution >= 0.6 is 11.6 Å². The minimum Gasteiger partial charge on any atom is -0.348 e. The zero-order valence-electron chi connectivity index (χ0n) is 10.2. The van der Waals surface area contributed by atoms with Gasteiger partial charge in [-0.15, -0.1) is 0 Å². The Labute approximate surface area is 116 Å². The lowest BCUT2D eigenvalue weighted by molar-refractivity contribution is -0.116. The number of benzene rings is 1. The number of carbonyl (C=O) groups is 1. The number of hydrogen-bond donors (Lipinski definition) is 1. The van der Waals surface area contributed by atoms with Gasteiger partial charge in [-0.25, -0.2) is 0 Å². The summed E-state index contributed by atoms with van der Waals surface area (Å²) in [5.74, 6) is -0.156. The van der Waals surface area contributed by atoms with Crippen molar-refractivity contribution >= 4 is 23.6 Å². The molecule has 0 saturated heterocycles. The van der Waals surface area contributed by atoms with Crippen LogP contribution in [0, 0.1) is 0 Å². The second-order valence-electron chi connectivity index (χ2n) is 3.93. The van der Waals surface area contributed by atoms with E-state index in [0.717, 1.165) is 11.1 Å². The van der Waals surface area contributed by atoms with Crippen molar-refractivity contribution in [2.75, 3.05) is 0 Å². The average molecular weight is 273 g/mol. The van der Waals surface area contributed by atoms with Gasteiger partial charge in [-0.2, -0.15) is 0 Å². The Hall–Kier alpha value is -2.13. The highest BCUT2D eigenvalue weighted by Gasteiger charge is 1.98. The molecule has 1 aromatic carbocycles. The van der Waals surface area contributed by atoms with Crippen LogP contribution in [0.25, 0.3) is 6.08 Å². The Morgan fingerprint density at radius 2 is 1.95 bits per heavy atom. The molecule has 19 heavy (non-hydrogen) atoms. The summed E-state index contributed by atoms with van der Waals surface area (Å²) >= 11 is 5.99. The molecule has 2 rings (SSSR count). The van der Waals surface area contributed by atoms with E-state index in [1.54, 1.807) is 24.5 Å². The monoisotopic (exact) mass is 272 g/mol. The lowest BCUT2D eigenvalue weighted by Gasteiger charge is -2.01. The van der Waals surface area contributed by atoms with Crippen molar-refractivity contribution in [1.82, 2.24) is 10.3 Å². The molecule has 3 nitrogen and oxygen atoms in total. The van der Waals surface area contributed by atoms with E-state index in [1.807, 2.05) is 30.3 Å². The van der Waals surface area contributed by atoms with Crippen molar-refractivity contribution in [3.8, 4) is 0 Å². The van der Waals surface area contributed by atoms with E-state index < -0.39 is 0 Å². The van der Waals surface area contributed by atoms with E-state index in [9.17, 15) is 4.79 Å². The maximum absolute atomic E-state index is 11.6. The highest BCUT2D eigenvalue weighted by molar-refractivity contribution is 6.32. The van der Waals surface area contributed by atoms with Gasteiger partial charge in [-0.3, -0.25) is 9.78 Å². The van der Waals surface area contributed by atoms with Crippen molar-refractivity contribution in [2.45, 2.75) is 6.54 Å². The van der Waals surface area contributed by atoms with Crippen LogP contribution in [0.15, 0.2) is 54.9 Å². The van der Waals surface area contributed by atoms with Crippen LogP contribution in [0.5, 0.6) is 0 Å². The molecule has 1 heterocycles. The molecular formula is C15H13ClN2O. The van der Waals surface area contributed by atoms with Crippen molar-refractivity contribution in [1.29, 1.82) is 0 Å². The maximum Gasteiger partial charge on any atom is 0.244 e. The summed E-state index contributed by atoms with van der Waals surface area (Å²) in [6, 6.07) is 11.1. The second-order valence-corrected chi connectivity index (χ2v) is 4.34. The number of amides is 1. The normalized spacial score (nSPS) is 10.6. The number of nitrogens with zero attached hydrogens (tertiary/aromatic N) is 1. The molecule has 0 saturated carbocycles. The lowest BCUT2D eigenvalue weighted by atomic mass is 10.2. The molecule has 0 bridgehead atoms. The van der Waals surface area contributed by atoms with Gasteiger partial charge in [0.1, 0.15) is 0 Å². The number of nitrogens with one attached hydrogen (secondary N) is 1. The highest BCUT2D eigenvalue weighted by atomic mass is 35.5. The number of halogens is 1. The number of carbonyl (C=O) groups excluding carboxylic acids is 1. The van der Waals surface area contributed by atoms with Crippen LogP contribution in [-0.4, -0.2) is 10.9 Å². The molecule has 1 amide bonds. The van der Waals surface area contributed by atoms with Gasteiger partial charge >= 0.3 is 0 Å². The molecule has 0 fully saturated rings. The van der Waals surface area contributed by atoms with E-state index >= 15 is 0 Å². The third-order valence-electron chi connectivity index (χ3n) is 2.54. The van der Waals surface area contributed by atoms with E-state index in [0.29, 0.717) is 11.6 Å². The Morgan fingerprint density at radius 1 is 1.21 bits per heavy atom. The van der Waals surface area contributed by atoms with Gasteiger partial charge in [0.15, 0.2) is 0 Å². The maximum atomic E-state index is 11.6. The van der Waals surface area contributed by atoms with Gasteiger partial charge in [0.25, 0.3) is 0 Å². The molecule has 0 atom stereocenters. The van der Waals surface area contributed by atoms with Crippen molar-refractivity contribution in [2.24, 2.45) is 0 Å². The van der Waals surface area contributed by atoms with E-state index in [1.165, 1.54) is 6.08 Å². The van der Waals surface area contributed by atoms with Crippen LogP contribution in [0.2, 0.25) is 5.02 Å². The first-order valence-corrected chi connectivity index (χ1v) is 6.23. The third kappa shape index (κ3) is 4.23. The van der Waals surface area contributed by atoms with Gasteiger partial charge < -0.3 is 5.32 Å². The van der Waals surface area contributed by atoms with Gasteiger partial charge in [-0.1, -0.05) is 29.8 Å². The van der Waals surface area contributed by atoms with Crippen LogP contribution in [0.1, 0.15) is 11.1 Å². The Balaban J connectivity index is 1.90. The molecule has 0 aliphatic carbocycles. The summed E-state index contributed by atoms with van der Waals surface area (Å²) in [4.78, 5) is 15.6. The molecule has 0 unspecified atom stereocenters. The summed E-state index contributed by atoms with van der Waals surface area (Å²) in [5.41, 5.74) is 1.83. The fourth-order valence-electron chi connectivity index (χ4n) is 1.52. The minimum absolute atomic E-state index is 0.156. The average Bonchev–Trinajstić information content (AvgIpc) is 2.45. The molecule has 0 aliphatic heterocycles. The van der Waals surface area contributed by atoms with Crippen molar-refractivity contribution < 1.29 is 4.79 Å². The molecule has 0 radical (unpaired) electrons. The first kappa shape index (κ1) is 13.3. The van der Waals surface area contributed by atoms with Gasteiger partial charge in [0.05, 0.1) is 0 Å². The van der Waals surface area contributed by atoms with Crippen LogP contribution in [0.4, 0.5) is 0 Å². The summed E-state index contributed by atoms with van der Waals surface area (Å²) in [5, 5.41) is 3.42. The number of pyridine rings is 1. The number of rotatable bonds is 4. The van der Waals surface area contributed by atoms with Crippen molar-refractivity contribution in [3.63, 3.8) is 0 Å². The minimum atomic E-state index is -0.156. The van der Waals surface area contributed by atoms with Gasteiger partial charge in [0, 0.05) is 30.0 Å². The molecule has 0 aliphatic rings. The molecular weight excluding hydrogens is 260 g/mol. The quantitative estimate of drug-likeness (QED) is 0.869. The predicted octanol–water partition coefficient (Wildman–Crippen LogP) is 3.06. The van der Waals surface area contributed by atoms with Gasteiger partial charge in [-0.05, 0) is 35.4 Å². The number of aromatic nitrogens is 1. The standard InChI is InChI=1S/C15H13ClN2O/c16-14-4-2-1-3-13(14)5-6-15(19)18-11-12-7-9-17-10-8-12/h1-10H,11H2,(H,18,19)/b6-5+.